The van der Waals surface area contributed by atoms with Crippen LogP contribution in [0.15, 0.2) is 17.5 Å². The van der Waals surface area contributed by atoms with Crippen molar-refractivity contribution in [1.82, 2.24) is 10.2 Å². The predicted molar refractivity (Wildman–Crippen MR) is 81.5 cm³/mol. The summed E-state index contributed by atoms with van der Waals surface area (Å²) in [5, 5.41) is 5.61. The standard InChI is InChI=1S/C14H20N2OS2/c1-2-11-14(17)16(10-5-8-18-9-6-10)13(15-11)12-4-3-7-19-12/h3-4,7,10-11,13,15H,2,5-6,8-9H2,1H3. The van der Waals surface area contributed by atoms with Crippen molar-refractivity contribution < 1.29 is 4.79 Å². The second-order valence-electron chi connectivity index (χ2n) is 5.13. The topological polar surface area (TPSA) is 32.3 Å². The lowest BCUT2D eigenvalue weighted by molar-refractivity contribution is -0.132. The Hall–Kier alpha value is -0.520. The predicted octanol–water partition coefficient (Wildman–Crippen LogP) is 2.85. The van der Waals surface area contributed by atoms with E-state index >= 15 is 0 Å². The summed E-state index contributed by atoms with van der Waals surface area (Å²) >= 11 is 3.75. The molecule has 3 rings (SSSR count). The number of nitrogens with one attached hydrogen (secondary N) is 1. The average molecular weight is 296 g/mol. The number of carbonyl (C=O) groups excluding carboxylic acids is 1. The van der Waals surface area contributed by atoms with Crippen LogP contribution in [0.5, 0.6) is 0 Å². The Labute approximate surface area is 122 Å². The highest BCUT2D eigenvalue weighted by Crippen LogP contribution is 2.35. The number of thiophene rings is 1. The number of rotatable bonds is 3. The molecule has 1 N–H and O–H groups in total. The lowest BCUT2D eigenvalue weighted by atomic mass is 10.1. The Morgan fingerprint density at radius 3 is 2.84 bits per heavy atom. The Morgan fingerprint density at radius 2 is 2.21 bits per heavy atom. The number of hydrogen-bond acceptors (Lipinski definition) is 4. The highest BCUT2D eigenvalue weighted by Gasteiger charge is 2.42. The van der Waals surface area contributed by atoms with Crippen molar-refractivity contribution in [2.75, 3.05) is 11.5 Å². The molecule has 2 fully saturated rings. The third kappa shape index (κ3) is 2.56. The molecule has 0 bridgehead atoms. The van der Waals surface area contributed by atoms with E-state index in [9.17, 15) is 4.79 Å². The molecule has 2 aliphatic rings. The maximum absolute atomic E-state index is 12.6. The van der Waals surface area contributed by atoms with Crippen LogP contribution in [0.4, 0.5) is 0 Å². The first-order valence-corrected chi connectivity index (χ1v) is 9.04. The molecule has 3 nitrogen and oxygen atoms in total. The highest BCUT2D eigenvalue weighted by atomic mass is 32.2. The van der Waals surface area contributed by atoms with Crippen LogP contribution in [0, 0.1) is 0 Å². The van der Waals surface area contributed by atoms with Crippen molar-refractivity contribution in [2.45, 2.75) is 44.4 Å². The molecule has 2 atom stereocenters. The fourth-order valence-corrected chi connectivity index (χ4v) is 4.83. The molecule has 0 saturated carbocycles. The molecule has 19 heavy (non-hydrogen) atoms. The summed E-state index contributed by atoms with van der Waals surface area (Å²) in [4.78, 5) is 16.0. The van der Waals surface area contributed by atoms with Crippen molar-refractivity contribution >= 4 is 29.0 Å². The summed E-state index contributed by atoms with van der Waals surface area (Å²) < 4.78 is 0. The molecule has 2 saturated heterocycles. The van der Waals surface area contributed by atoms with Gasteiger partial charge >= 0.3 is 0 Å². The molecule has 1 aromatic heterocycles. The van der Waals surface area contributed by atoms with Crippen LogP contribution in [0.25, 0.3) is 0 Å². The fraction of sp³-hybridized carbons (Fsp3) is 0.643. The molecule has 1 aromatic rings. The second-order valence-corrected chi connectivity index (χ2v) is 7.34. The zero-order valence-corrected chi connectivity index (χ0v) is 12.8. The third-order valence-corrected chi connectivity index (χ3v) is 5.97. The lowest BCUT2D eigenvalue weighted by Gasteiger charge is -2.34. The SMILES string of the molecule is CCC1NC(c2cccs2)N(C2CCSCC2)C1=O. The van der Waals surface area contributed by atoms with E-state index in [2.05, 4.69) is 34.7 Å². The van der Waals surface area contributed by atoms with Gasteiger partial charge in [-0.1, -0.05) is 13.0 Å². The monoisotopic (exact) mass is 296 g/mol. The molecule has 0 aliphatic carbocycles. The first kappa shape index (κ1) is 13.5. The van der Waals surface area contributed by atoms with Crippen molar-refractivity contribution in [3.63, 3.8) is 0 Å². The summed E-state index contributed by atoms with van der Waals surface area (Å²) in [7, 11) is 0. The minimum absolute atomic E-state index is 0.00156. The van der Waals surface area contributed by atoms with Crippen LogP contribution >= 0.6 is 23.1 Å². The van der Waals surface area contributed by atoms with Crippen molar-refractivity contribution in [3.05, 3.63) is 22.4 Å². The zero-order chi connectivity index (χ0) is 13.2. The van der Waals surface area contributed by atoms with Gasteiger partial charge in [0.25, 0.3) is 0 Å². The van der Waals surface area contributed by atoms with Gasteiger partial charge < -0.3 is 4.90 Å². The van der Waals surface area contributed by atoms with Gasteiger partial charge in [-0.15, -0.1) is 11.3 Å². The van der Waals surface area contributed by atoms with E-state index in [0.717, 1.165) is 19.3 Å². The minimum atomic E-state index is 0.00156. The van der Waals surface area contributed by atoms with E-state index in [4.69, 9.17) is 0 Å². The summed E-state index contributed by atoms with van der Waals surface area (Å²) in [5.74, 6) is 2.67. The van der Waals surface area contributed by atoms with Gasteiger partial charge in [0.15, 0.2) is 0 Å². The van der Waals surface area contributed by atoms with Gasteiger partial charge in [-0.2, -0.15) is 11.8 Å². The minimum Gasteiger partial charge on any atom is -0.318 e. The highest BCUT2D eigenvalue weighted by molar-refractivity contribution is 7.99. The number of hydrogen-bond donors (Lipinski definition) is 1. The van der Waals surface area contributed by atoms with E-state index < -0.39 is 0 Å². The van der Waals surface area contributed by atoms with Crippen LogP contribution < -0.4 is 5.32 Å². The summed E-state index contributed by atoms with van der Waals surface area (Å²) in [6.45, 7) is 2.08. The molecular weight excluding hydrogens is 276 g/mol. The maximum Gasteiger partial charge on any atom is 0.241 e. The van der Waals surface area contributed by atoms with Gasteiger partial charge in [0.1, 0.15) is 6.17 Å². The van der Waals surface area contributed by atoms with Gasteiger partial charge in [0.05, 0.1) is 6.04 Å². The van der Waals surface area contributed by atoms with Crippen molar-refractivity contribution in [1.29, 1.82) is 0 Å². The Balaban J connectivity index is 1.85. The van der Waals surface area contributed by atoms with Crippen LogP contribution in [-0.4, -0.2) is 34.4 Å². The molecule has 0 spiro atoms. The van der Waals surface area contributed by atoms with Crippen molar-refractivity contribution in [2.24, 2.45) is 0 Å². The fourth-order valence-electron chi connectivity index (χ4n) is 2.96. The molecule has 3 heterocycles. The van der Waals surface area contributed by atoms with Crippen LogP contribution in [0.2, 0.25) is 0 Å². The molecule has 5 heteroatoms. The molecule has 0 aromatic carbocycles. The lowest BCUT2D eigenvalue weighted by Crippen LogP contribution is -2.42. The van der Waals surface area contributed by atoms with Crippen LogP contribution in [-0.2, 0) is 4.79 Å². The summed E-state index contributed by atoms with van der Waals surface area (Å²) in [5.41, 5.74) is 0. The first-order chi connectivity index (χ1) is 9.31. The van der Waals surface area contributed by atoms with E-state index in [-0.39, 0.29) is 12.2 Å². The molecule has 0 radical (unpaired) electrons. The Morgan fingerprint density at radius 1 is 1.42 bits per heavy atom. The molecule has 104 valence electrons. The first-order valence-electron chi connectivity index (χ1n) is 7.00. The van der Waals surface area contributed by atoms with Crippen LogP contribution in [0.1, 0.15) is 37.2 Å². The normalized spacial score (nSPS) is 29.1. The number of nitrogens with zero attached hydrogens (tertiary/aromatic N) is 1. The average Bonchev–Trinajstić information content (AvgIpc) is 3.07. The van der Waals surface area contributed by atoms with Crippen LogP contribution in [0.3, 0.4) is 0 Å². The smallest absolute Gasteiger partial charge is 0.241 e. The molecular formula is C14H20N2OS2. The quantitative estimate of drug-likeness (QED) is 0.931. The Bertz CT molecular complexity index is 429. The van der Waals surface area contributed by atoms with Crippen molar-refractivity contribution in [3.8, 4) is 0 Å². The van der Waals surface area contributed by atoms with Gasteiger partial charge in [-0.05, 0) is 42.2 Å². The maximum atomic E-state index is 12.6. The van der Waals surface area contributed by atoms with E-state index in [1.54, 1.807) is 11.3 Å². The zero-order valence-electron chi connectivity index (χ0n) is 11.2. The van der Waals surface area contributed by atoms with E-state index in [0.29, 0.717) is 11.9 Å². The molecule has 2 unspecified atom stereocenters. The molecule has 1 amide bonds. The summed E-state index contributed by atoms with van der Waals surface area (Å²) in [6.07, 6.45) is 3.25. The third-order valence-electron chi connectivity index (χ3n) is 3.99. The number of amides is 1. The second kappa shape index (κ2) is 5.85. The van der Waals surface area contributed by atoms with E-state index in [1.807, 2.05) is 11.8 Å². The summed E-state index contributed by atoms with van der Waals surface area (Å²) in [6, 6.07) is 4.63. The van der Waals surface area contributed by atoms with Gasteiger partial charge in [-0.25, -0.2) is 0 Å². The largest absolute Gasteiger partial charge is 0.318 e. The van der Waals surface area contributed by atoms with Gasteiger partial charge in [0.2, 0.25) is 5.91 Å². The van der Waals surface area contributed by atoms with Gasteiger partial charge in [0, 0.05) is 10.9 Å². The van der Waals surface area contributed by atoms with Gasteiger partial charge in [-0.3, -0.25) is 10.1 Å². The molecule has 2 aliphatic heterocycles. The van der Waals surface area contributed by atoms with E-state index in [1.165, 1.54) is 16.4 Å². The Kier molecular flexibility index (Phi) is 4.15. The number of thioether (sulfide) groups is 1. The number of carbonyl (C=O) groups is 1.